The molecule has 1 aromatic heterocycles. The Bertz CT molecular complexity index is 1220. The second-order valence-corrected chi connectivity index (χ2v) is 8.56. The zero-order valence-corrected chi connectivity index (χ0v) is 19.1. The molecule has 3 aromatic carbocycles. The van der Waals surface area contributed by atoms with Crippen molar-refractivity contribution >= 4 is 5.82 Å². The minimum absolute atomic E-state index is 0.105. The predicted molar refractivity (Wildman–Crippen MR) is 133 cm³/mol. The molecular formula is C28H27N3O4. The van der Waals surface area contributed by atoms with Gasteiger partial charge in [0.25, 0.3) is 0 Å². The standard InChI is InChI=1S/C28H27N3O4/c29-25-16-17-31(27(33)30-25)26-18-23(32)24(35-26)19-34-28(20-10-4-1-5-11-20,21-12-6-2-7-13-21)22-14-8-3-9-15-22/h1-17,23-24,26,32H,18-19H2,(H2,29,30,33). The Morgan fingerprint density at radius 1 is 0.914 bits per heavy atom. The molecule has 3 unspecified atom stereocenters. The average molecular weight is 470 g/mol. The fraction of sp³-hybridized carbons (Fsp3) is 0.214. The molecule has 4 aromatic rings. The maximum Gasteiger partial charge on any atom is 0.351 e. The predicted octanol–water partition coefficient (Wildman–Crippen LogP) is 3.48. The van der Waals surface area contributed by atoms with E-state index in [1.165, 1.54) is 16.8 Å². The summed E-state index contributed by atoms with van der Waals surface area (Å²) in [5.41, 5.74) is 7.04. The number of hydrogen-bond acceptors (Lipinski definition) is 6. The van der Waals surface area contributed by atoms with Crippen molar-refractivity contribution in [1.29, 1.82) is 0 Å². The third-order valence-corrected chi connectivity index (χ3v) is 6.37. The van der Waals surface area contributed by atoms with Crippen LogP contribution in [0.1, 0.15) is 29.3 Å². The highest BCUT2D eigenvalue weighted by molar-refractivity contribution is 5.47. The van der Waals surface area contributed by atoms with Crippen LogP contribution in [0.3, 0.4) is 0 Å². The summed E-state index contributed by atoms with van der Waals surface area (Å²) in [6.07, 6.45) is -0.328. The van der Waals surface area contributed by atoms with Gasteiger partial charge in [-0.1, -0.05) is 91.0 Å². The highest BCUT2D eigenvalue weighted by atomic mass is 16.6. The Morgan fingerprint density at radius 3 is 1.91 bits per heavy atom. The number of aliphatic hydroxyl groups excluding tert-OH is 1. The lowest BCUT2D eigenvalue weighted by Gasteiger charge is -2.37. The van der Waals surface area contributed by atoms with Crippen LogP contribution in [0, 0.1) is 0 Å². The second kappa shape index (κ2) is 9.84. The van der Waals surface area contributed by atoms with Crippen LogP contribution in [-0.2, 0) is 15.1 Å². The van der Waals surface area contributed by atoms with Crippen molar-refractivity contribution in [1.82, 2.24) is 9.55 Å². The van der Waals surface area contributed by atoms with Gasteiger partial charge in [-0.05, 0) is 22.8 Å². The highest BCUT2D eigenvalue weighted by Crippen LogP contribution is 2.41. The minimum atomic E-state index is -0.926. The molecule has 1 fully saturated rings. The van der Waals surface area contributed by atoms with E-state index in [2.05, 4.69) is 4.98 Å². The molecule has 0 saturated carbocycles. The number of ether oxygens (including phenoxy) is 2. The lowest BCUT2D eigenvalue weighted by atomic mass is 9.80. The largest absolute Gasteiger partial charge is 0.390 e. The zero-order valence-electron chi connectivity index (χ0n) is 19.1. The topological polar surface area (TPSA) is 99.6 Å². The quantitative estimate of drug-likeness (QED) is 0.402. The highest BCUT2D eigenvalue weighted by Gasteiger charge is 2.41. The van der Waals surface area contributed by atoms with E-state index in [0.717, 1.165) is 16.7 Å². The van der Waals surface area contributed by atoms with Crippen molar-refractivity contribution in [3.05, 3.63) is 130 Å². The number of nitrogen functional groups attached to an aromatic ring is 1. The first kappa shape index (κ1) is 23.0. The van der Waals surface area contributed by atoms with E-state index in [-0.39, 0.29) is 18.8 Å². The summed E-state index contributed by atoms with van der Waals surface area (Å²) >= 11 is 0. The summed E-state index contributed by atoms with van der Waals surface area (Å²) in [4.78, 5) is 16.1. The molecule has 1 aliphatic heterocycles. The molecule has 7 heteroatoms. The summed E-state index contributed by atoms with van der Waals surface area (Å²) in [5, 5.41) is 10.8. The van der Waals surface area contributed by atoms with Crippen LogP contribution in [0.5, 0.6) is 0 Å². The Hall–Kier alpha value is -3.78. The van der Waals surface area contributed by atoms with Crippen molar-refractivity contribution < 1.29 is 14.6 Å². The molecule has 1 saturated heterocycles. The van der Waals surface area contributed by atoms with E-state index in [9.17, 15) is 9.90 Å². The summed E-state index contributed by atoms with van der Waals surface area (Å²) in [5.74, 6) is 0.142. The molecule has 178 valence electrons. The summed E-state index contributed by atoms with van der Waals surface area (Å²) in [6.45, 7) is 0.105. The van der Waals surface area contributed by atoms with E-state index < -0.39 is 29.7 Å². The van der Waals surface area contributed by atoms with E-state index in [1.807, 2.05) is 91.0 Å². The van der Waals surface area contributed by atoms with Crippen LogP contribution in [0.15, 0.2) is 108 Å². The number of hydrogen-bond donors (Lipinski definition) is 2. The van der Waals surface area contributed by atoms with Crippen molar-refractivity contribution in [2.75, 3.05) is 12.3 Å². The summed E-state index contributed by atoms with van der Waals surface area (Å²) in [6, 6.07) is 31.6. The Morgan fingerprint density at radius 2 is 1.43 bits per heavy atom. The first-order chi connectivity index (χ1) is 17.1. The van der Waals surface area contributed by atoms with E-state index in [4.69, 9.17) is 15.2 Å². The molecule has 7 nitrogen and oxygen atoms in total. The van der Waals surface area contributed by atoms with Crippen molar-refractivity contribution in [2.24, 2.45) is 0 Å². The number of benzene rings is 3. The van der Waals surface area contributed by atoms with Gasteiger partial charge in [-0.15, -0.1) is 0 Å². The maximum absolute atomic E-state index is 12.3. The van der Waals surface area contributed by atoms with Crippen LogP contribution >= 0.6 is 0 Å². The van der Waals surface area contributed by atoms with Crippen LogP contribution in [0.4, 0.5) is 5.82 Å². The summed E-state index contributed by atoms with van der Waals surface area (Å²) in [7, 11) is 0. The molecule has 2 heterocycles. The number of rotatable bonds is 7. The van der Waals surface area contributed by atoms with Crippen LogP contribution in [-0.4, -0.2) is 33.5 Å². The van der Waals surface area contributed by atoms with Gasteiger partial charge in [0.15, 0.2) is 0 Å². The molecule has 0 bridgehead atoms. The number of aliphatic hydroxyl groups is 1. The van der Waals surface area contributed by atoms with Gasteiger partial charge in [0.05, 0.1) is 12.7 Å². The molecule has 1 aliphatic rings. The maximum atomic E-state index is 12.3. The molecule has 0 aliphatic carbocycles. The van der Waals surface area contributed by atoms with Gasteiger partial charge < -0.3 is 20.3 Å². The van der Waals surface area contributed by atoms with Crippen LogP contribution < -0.4 is 11.4 Å². The van der Waals surface area contributed by atoms with Gasteiger partial charge in [0.2, 0.25) is 0 Å². The Balaban J connectivity index is 1.50. The molecule has 3 atom stereocenters. The molecule has 35 heavy (non-hydrogen) atoms. The minimum Gasteiger partial charge on any atom is -0.390 e. The fourth-order valence-corrected chi connectivity index (χ4v) is 4.66. The third kappa shape index (κ3) is 4.49. The van der Waals surface area contributed by atoms with Crippen molar-refractivity contribution in [2.45, 2.75) is 30.5 Å². The van der Waals surface area contributed by atoms with Gasteiger partial charge in [-0.2, -0.15) is 4.98 Å². The van der Waals surface area contributed by atoms with Crippen LogP contribution in [0.25, 0.3) is 0 Å². The first-order valence-electron chi connectivity index (χ1n) is 11.6. The van der Waals surface area contributed by atoms with Crippen LogP contribution in [0.2, 0.25) is 0 Å². The van der Waals surface area contributed by atoms with E-state index in [1.54, 1.807) is 0 Å². The number of nitrogens with zero attached hydrogens (tertiary/aromatic N) is 2. The van der Waals surface area contributed by atoms with Crippen molar-refractivity contribution in [3.63, 3.8) is 0 Å². The average Bonchev–Trinajstić information content (AvgIpc) is 3.26. The molecular weight excluding hydrogens is 442 g/mol. The molecule has 0 radical (unpaired) electrons. The lowest BCUT2D eigenvalue weighted by molar-refractivity contribution is -0.0943. The molecule has 5 rings (SSSR count). The number of aromatic nitrogens is 2. The summed E-state index contributed by atoms with van der Waals surface area (Å²) < 4.78 is 14.2. The number of nitrogens with two attached hydrogens (primary N) is 1. The molecule has 0 spiro atoms. The third-order valence-electron chi connectivity index (χ3n) is 6.37. The van der Waals surface area contributed by atoms with Gasteiger partial charge in [0.1, 0.15) is 23.8 Å². The van der Waals surface area contributed by atoms with E-state index in [0.29, 0.717) is 0 Å². The normalized spacial score (nSPS) is 20.1. The number of anilines is 1. The van der Waals surface area contributed by atoms with Gasteiger partial charge in [0, 0.05) is 12.6 Å². The Labute approximate surface area is 203 Å². The Kier molecular flexibility index (Phi) is 6.46. The van der Waals surface area contributed by atoms with Crippen molar-refractivity contribution in [3.8, 4) is 0 Å². The molecule has 0 amide bonds. The molecule has 3 N–H and O–H groups in total. The second-order valence-electron chi connectivity index (χ2n) is 8.56. The van der Waals surface area contributed by atoms with Gasteiger partial charge in [-0.3, -0.25) is 4.57 Å². The lowest BCUT2D eigenvalue weighted by Crippen LogP contribution is -2.38. The smallest absolute Gasteiger partial charge is 0.351 e. The monoisotopic (exact) mass is 469 g/mol. The SMILES string of the molecule is Nc1ccn(C2CC(O)C(COC(c3ccccc3)(c3ccccc3)c3ccccc3)O2)c(=O)n1. The zero-order chi connectivity index (χ0) is 24.3. The first-order valence-corrected chi connectivity index (χ1v) is 11.6. The van der Waals surface area contributed by atoms with Gasteiger partial charge in [-0.25, -0.2) is 4.79 Å². The fourth-order valence-electron chi connectivity index (χ4n) is 4.66. The van der Waals surface area contributed by atoms with E-state index >= 15 is 0 Å². The van der Waals surface area contributed by atoms with Gasteiger partial charge >= 0.3 is 5.69 Å².